The minimum atomic E-state index is 0.402. The van der Waals surface area contributed by atoms with Crippen LogP contribution in [0.15, 0.2) is 0 Å². The number of hydrogen-bond donors (Lipinski definition) is 0. The van der Waals surface area contributed by atoms with Gasteiger partial charge in [-0.2, -0.15) is 0 Å². The molecule has 0 aromatic heterocycles. The lowest BCUT2D eigenvalue weighted by molar-refractivity contribution is -0.123. The van der Waals surface area contributed by atoms with E-state index in [1.54, 1.807) is 0 Å². The summed E-state index contributed by atoms with van der Waals surface area (Å²) in [6.07, 6.45) is 18.4. The molecule has 0 spiro atoms. The van der Waals surface area contributed by atoms with E-state index in [0.29, 0.717) is 33.2 Å². The first-order valence-electron chi connectivity index (χ1n) is 14.5. The molecule has 0 amide bonds. The zero-order valence-electron chi connectivity index (χ0n) is 22.3. The Balaban J connectivity index is 1.30. The average molecular weight is 439 g/mol. The molecule has 0 N–H and O–H groups in total. The van der Waals surface area contributed by atoms with E-state index in [0.717, 1.165) is 43.2 Å². The standard InChI is InChI=1S/C30H51BO/c1-27(2)22-15-23(27)18-29(5,17-22)31(14-10-13-26(32)21-11-8-7-9-12-21)30(6)19-24-16-25(20-30)28(24,3)4/h21-25H,7-20H2,1-6H3. The van der Waals surface area contributed by atoms with E-state index in [1.807, 2.05) is 0 Å². The molecule has 0 aromatic carbocycles. The van der Waals surface area contributed by atoms with Crippen molar-refractivity contribution in [2.24, 2.45) is 40.4 Å². The molecule has 0 radical (unpaired) electrons. The van der Waals surface area contributed by atoms with Gasteiger partial charge in [0.15, 0.2) is 6.71 Å². The van der Waals surface area contributed by atoms with Crippen molar-refractivity contribution in [1.82, 2.24) is 0 Å². The summed E-state index contributed by atoms with van der Waals surface area (Å²) >= 11 is 0. The summed E-state index contributed by atoms with van der Waals surface area (Å²) in [4.78, 5) is 13.0. The van der Waals surface area contributed by atoms with Crippen molar-refractivity contribution in [2.75, 3.05) is 0 Å². The molecule has 4 unspecified atom stereocenters. The Kier molecular flexibility index (Phi) is 5.78. The minimum Gasteiger partial charge on any atom is -0.299 e. The molecule has 0 aromatic rings. The lowest BCUT2D eigenvalue weighted by atomic mass is 9.14. The van der Waals surface area contributed by atoms with Gasteiger partial charge in [-0.15, -0.1) is 0 Å². The van der Waals surface area contributed by atoms with Gasteiger partial charge in [0.05, 0.1) is 0 Å². The Morgan fingerprint density at radius 2 is 1.16 bits per heavy atom. The summed E-state index contributed by atoms with van der Waals surface area (Å²) in [5.41, 5.74) is 1.16. The molecule has 180 valence electrons. The first-order chi connectivity index (χ1) is 15.0. The van der Waals surface area contributed by atoms with Crippen molar-refractivity contribution >= 4 is 12.5 Å². The van der Waals surface area contributed by atoms with Gasteiger partial charge in [-0.05, 0) is 60.2 Å². The van der Waals surface area contributed by atoms with Crippen molar-refractivity contribution in [3.63, 3.8) is 0 Å². The molecule has 7 saturated carbocycles. The summed E-state index contributed by atoms with van der Waals surface area (Å²) in [5.74, 6) is 4.77. The molecule has 0 heterocycles. The second-order valence-electron chi connectivity index (χ2n) is 15.3. The molecule has 4 atom stereocenters. The predicted octanol–water partition coefficient (Wildman–Crippen LogP) is 8.84. The highest BCUT2D eigenvalue weighted by Gasteiger charge is 2.64. The lowest BCUT2D eigenvalue weighted by Crippen LogP contribution is -2.60. The van der Waals surface area contributed by atoms with Crippen LogP contribution in [0.2, 0.25) is 16.9 Å². The van der Waals surface area contributed by atoms with E-state index in [1.165, 1.54) is 76.9 Å². The van der Waals surface area contributed by atoms with Crippen molar-refractivity contribution in [3.05, 3.63) is 0 Å². The molecule has 7 aliphatic rings. The molecular weight excluding hydrogens is 387 g/mol. The molecular formula is C30H51BO. The molecule has 0 saturated heterocycles. The van der Waals surface area contributed by atoms with Crippen LogP contribution in [0.5, 0.6) is 0 Å². The fraction of sp³-hybridized carbons (Fsp3) is 0.967. The van der Waals surface area contributed by atoms with Crippen LogP contribution in [0.3, 0.4) is 0 Å². The predicted molar refractivity (Wildman–Crippen MR) is 137 cm³/mol. The Bertz CT molecular complexity index is 657. The van der Waals surface area contributed by atoms with Gasteiger partial charge in [-0.3, -0.25) is 4.79 Å². The fourth-order valence-corrected chi connectivity index (χ4v) is 10.3. The van der Waals surface area contributed by atoms with E-state index in [2.05, 4.69) is 41.5 Å². The van der Waals surface area contributed by atoms with Gasteiger partial charge in [-0.25, -0.2) is 0 Å². The fourth-order valence-electron chi connectivity index (χ4n) is 10.3. The lowest BCUT2D eigenvalue weighted by Gasteiger charge is -2.68. The van der Waals surface area contributed by atoms with E-state index < -0.39 is 0 Å². The summed E-state index contributed by atoms with van der Waals surface area (Å²) < 4.78 is 0. The summed E-state index contributed by atoms with van der Waals surface area (Å²) in [6.45, 7) is 16.4. The van der Waals surface area contributed by atoms with E-state index >= 15 is 0 Å². The third kappa shape index (κ3) is 3.68. The van der Waals surface area contributed by atoms with Gasteiger partial charge in [-0.1, -0.05) is 110 Å². The molecule has 7 fully saturated rings. The number of hydrogen-bond acceptors (Lipinski definition) is 1. The number of ketones is 1. The largest absolute Gasteiger partial charge is 0.299 e. The number of carbonyl (C=O) groups is 1. The zero-order chi connectivity index (χ0) is 22.9. The van der Waals surface area contributed by atoms with E-state index in [-0.39, 0.29) is 0 Å². The highest BCUT2D eigenvalue weighted by atomic mass is 16.1. The van der Waals surface area contributed by atoms with Gasteiger partial charge in [0.1, 0.15) is 5.78 Å². The number of rotatable bonds is 7. The Labute approximate surface area is 199 Å². The quantitative estimate of drug-likeness (QED) is 0.363. The van der Waals surface area contributed by atoms with Crippen LogP contribution in [0.1, 0.15) is 125 Å². The van der Waals surface area contributed by atoms with Crippen LogP contribution in [0, 0.1) is 40.4 Å². The zero-order valence-corrected chi connectivity index (χ0v) is 22.3. The van der Waals surface area contributed by atoms with Crippen LogP contribution in [-0.4, -0.2) is 12.5 Å². The Morgan fingerprint density at radius 3 is 1.56 bits per heavy atom. The molecule has 0 aliphatic heterocycles. The Hall–Kier alpha value is -0.265. The van der Waals surface area contributed by atoms with E-state index in [4.69, 9.17) is 0 Å². The first-order valence-corrected chi connectivity index (χ1v) is 14.5. The second kappa shape index (κ2) is 7.88. The summed E-state index contributed by atoms with van der Waals surface area (Å²) in [6, 6.07) is 0. The number of fused-ring (bicyclic) bond motifs is 4. The maximum absolute atomic E-state index is 13.0. The van der Waals surface area contributed by atoms with Gasteiger partial charge >= 0.3 is 0 Å². The van der Waals surface area contributed by atoms with Gasteiger partial charge in [0.25, 0.3) is 0 Å². The summed E-state index contributed by atoms with van der Waals surface area (Å²) in [7, 11) is 0. The maximum atomic E-state index is 13.0. The molecule has 7 rings (SSSR count). The smallest absolute Gasteiger partial charge is 0.152 e. The third-order valence-electron chi connectivity index (χ3n) is 12.9. The van der Waals surface area contributed by atoms with Gasteiger partial charge < -0.3 is 0 Å². The molecule has 4 bridgehead atoms. The normalized spacial score (nSPS) is 44.3. The molecule has 7 aliphatic carbocycles. The van der Waals surface area contributed by atoms with Crippen LogP contribution < -0.4 is 0 Å². The van der Waals surface area contributed by atoms with Crippen LogP contribution in [-0.2, 0) is 4.79 Å². The SMILES string of the molecule is CC1(B(CCCC(=O)C2CCCCC2)C2(C)CC3CC(C2)C3(C)C)CC2CC(C1)C2(C)C. The summed E-state index contributed by atoms with van der Waals surface area (Å²) in [5, 5.41) is 0.999. The monoisotopic (exact) mass is 438 g/mol. The second-order valence-corrected chi connectivity index (χ2v) is 15.3. The van der Waals surface area contributed by atoms with Gasteiger partial charge in [0.2, 0.25) is 0 Å². The van der Waals surface area contributed by atoms with Crippen LogP contribution in [0.4, 0.5) is 0 Å². The van der Waals surface area contributed by atoms with E-state index in [9.17, 15) is 4.79 Å². The van der Waals surface area contributed by atoms with Crippen LogP contribution in [0.25, 0.3) is 0 Å². The maximum Gasteiger partial charge on any atom is 0.152 e. The molecule has 1 nitrogen and oxygen atoms in total. The number of carbonyl (C=O) groups excluding carboxylic acids is 1. The highest BCUT2D eigenvalue weighted by Crippen LogP contribution is 2.74. The number of Topliss-reactive ketones (excluding diaryl/α,β-unsaturated/α-hetero) is 1. The highest BCUT2D eigenvalue weighted by molar-refractivity contribution is 6.65. The minimum absolute atomic E-state index is 0.402. The molecule has 32 heavy (non-hydrogen) atoms. The third-order valence-corrected chi connectivity index (χ3v) is 12.9. The van der Waals surface area contributed by atoms with Crippen molar-refractivity contribution in [1.29, 1.82) is 0 Å². The first kappa shape index (κ1) is 23.5. The Morgan fingerprint density at radius 1 is 0.719 bits per heavy atom. The van der Waals surface area contributed by atoms with Gasteiger partial charge in [0, 0.05) is 12.3 Å². The van der Waals surface area contributed by atoms with Crippen molar-refractivity contribution in [2.45, 2.75) is 142 Å². The van der Waals surface area contributed by atoms with Crippen molar-refractivity contribution < 1.29 is 4.79 Å². The van der Waals surface area contributed by atoms with Crippen molar-refractivity contribution in [3.8, 4) is 0 Å². The molecule has 2 heteroatoms. The topological polar surface area (TPSA) is 17.1 Å². The van der Waals surface area contributed by atoms with Crippen LogP contribution >= 0.6 is 0 Å². The average Bonchev–Trinajstić information content (AvgIpc) is 2.76.